The highest BCUT2D eigenvalue weighted by Gasteiger charge is 2.49. The van der Waals surface area contributed by atoms with Gasteiger partial charge in [-0.25, -0.2) is 4.79 Å². The molecule has 24 heteroatoms. The minimum atomic E-state index is -4.42. The predicted octanol–water partition coefficient (Wildman–Crippen LogP) is 2.03. The molecule has 0 spiro atoms. The number of urea groups is 1. The summed E-state index contributed by atoms with van der Waals surface area (Å²) < 4.78 is 46.2. The van der Waals surface area contributed by atoms with Crippen LogP contribution < -0.4 is 26.6 Å². The van der Waals surface area contributed by atoms with Gasteiger partial charge < -0.3 is 50.5 Å². The van der Waals surface area contributed by atoms with Gasteiger partial charge in [-0.3, -0.25) is 48.7 Å². The highest BCUT2D eigenvalue weighted by Crippen LogP contribution is 2.32. The molecule has 0 saturated carbocycles. The molecule has 1 fully saturated rings. The summed E-state index contributed by atoms with van der Waals surface area (Å²) in [5.74, 6) is -5.16. The van der Waals surface area contributed by atoms with Crippen molar-refractivity contribution in [2.75, 3.05) is 54.9 Å². The standard InChI is InChI=1S/C48H82F3N11O10/c1-16-32(62-33(24-37-54-18-20-61(37)19-17-48(49,50)51)36(25-39(62)64)72-29(8)23-38(63)52-11)45(69)58(13)31(10)44(68)59(14)35(22-27(4)5)43(67)56-40(28(6)7)46(70)60(15)34(21-26(2)3)42(66)55-30(9)41(65)57-47(71)53-12/h26-36,40H,16-25H2,1-15H3,(H,52,63)(H,55,66)(H,56,67)(H2,53,57,65,71)/t29?,30-,31-,32+,33-,34+,35+,36+,40+/m1/s1. The molecule has 0 aromatic carbocycles. The van der Waals surface area contributed by atoms with Crippen LogP contribution in [0, 0.1) is 17.8 Å². The number of ether oxygens (including phenoxy) is 1. The van der Waals surface area contributed by atoms with Crippen LogP contribution in [0.4, 0.5) is 18.0 Å². The SMILES string of the molecule is CC[C@@H](C(=O)N(C)[C@H](C)C(=O)N(C)[C@@H](CC(C)C)C(=O)N[C@H](C(=O)N(C)[C@@H](CC(C)C)C(=O)N[C@H](C)C(=O)NC(=O)NC)C(C)C)N1C(=O)C[C@H](OC(C)CC(=O)NC)[C@H]1CC1=NCCN1CCC(F)(F)F. The minimum absolute atomic E-state index is 0.0305. The van der Waals surface area contributed by atoms with E-state index >= 15 is 0 Å². The molecule has 1 saturated heterocycles. The van der Waals surface area contributed by atoms with Crippen LogP contribution in [0.2, 0.25) is 0 Å². The number of carbonyl (C=O) groups excluding carboxylic acids is 9. The number of hydrogen-bond donors (Lipinski definition) is 5. The van der Waals surface area contributed by atoms with Crippen LogP contribution >= 0.6 is 0 Å². The molecule has 21 nitrogen and oxygen atoms in total. The number of halogens is 3. The van der Waals surface area contributed by atoms with Gasteiger partial charge in [0.15, 0.2) is 0 Å². The Morgan fingerprint density at radius 3 is 1.83 bits per heavy atom. The Hall–Kier alpha value is -5.55. The van der Waals surface area contributed by atoms with E-state index < -0.39 is 120 Å². The Balaban J connectivity index is 2.42. The quantitative estimate of drug-likeness (QED) is 0.0839. The smallest absolute Gasteiger partial charge is 0.372 e. The molecule has 1 unspecified atom stereocenters. The van der Waals surface area contributed by atoms with Gasteiger partial charge in [-0.15, -0.1) is 0 Å². The first-order valence-electron chi connectivity index (χ1n) is 24.9. The Morgan fingerprint density at radius 2 is 1.33 bits per heavy atom. The van der Waals surface area contributed by atoms with Gasteiger partial charge in [0.05, 0.1) is 44.1 Å². The lowest BCUT2D eigenvalue weighted by atomic mass is 9.96. The van der Waals surface area contributed by atoms with E-state index in [2.05, 4.69) is 31.6 Å². The van der Waals surface area contributed by atoms with Crippen LogP contribution in [0.25, 0.3) is 0 Å². The molecule has 0 bridgehead atoms. The van der Waals surface area contributed by atoms with Gasteiger partial charge in [-0.1, -0.05) is 48.5 Å². The Morgan fingerprint density at radius 1 is 0.778 bits per heavy atom. The van der Waals surface area contributed by atoms with E-state index in [1.807, 2.05) is 27.7 Å². The van der Waals surface area contributed by atoms with Gasteiger partial charge in [-0.05, 0) is 57.8 Å². The van der Waals surface area contributed by atoms with Crippen LogP contribution in [-0.4, -0.2) is 199 Å². The van der Waals surface area contributed by atoms with Crippen molar-refractivity contribution in [2.45, 2.75) is 175 Å². The fraction of sp³-hybridized carbons (Fsp3) is 0.792. The first-order valence-corrected chi connectivity index (χ1v) is 24.9. The van der Waals surface area contributed by atoms with Crippen molar-refractivity contribution in [3.05, 3.63) is 0 Å². The number of amides is 10. The van der Waals surface area contributed by atoms with Gasteiger partial charge in [-0.2, -0.15) is 13.2 Å². The normalized spacial score (nSPS) is 18.9. The predicted molar refractivity (Wildman–Crippen MR) is 263 cm³/mol. The molecule has 0 aliphatic carbocycles. The van der Waals surface area contributed by atoms with Gasteiger partial charge >= 0.3 is 12.2 Å². The fourth-order valence-electron chi connectivity index (χ4n) is 8.77. The molecule has 0 aromatic rings. The number of rotatable bonds is 26. The Labute approximate surface area is 422 Å². The van der Waals surface area contributed by atoms with E-state index in [0.29, 0.717) is 5.84 Å². The summed E-state index contributed by atoms with van der Waals surface area (Å²) in [6, 6.07) is -8.55. The van der Waals surface area contributed by atoms with E-state index in [1.165, 1.54) is 73.6 Å². The average Bonchev–Trinajstić information content (AvgIpc) is 3.88. The van der Waals surface area contributed by atoms with Crippen LogP contribution in [0.1, 0.15) is 114 Å². The maximum atomic E-state index is 14.6. The van der Waals surface area contributed by atoms with Crippen LogP contribution in [0.15, 0.2) is 4.99 Å². The zero-order chi connectivity index (χ0) is 55.1. The zero-order valence-electron chi connectivity index (χ0n) is 44.9. The van der Waals surface area contributed by atoms with Crippen molar-refractivity contribution in [2.24, 2.45) is 22.7 Å². The van der Waals surface area contributed by atoms with Crippen LogP contribution in [-0.2, 0) is 43.1 Å². The Bertz CT molecular complexity index is 1950. The third kappa shape index (κ3) is 17.9. The molecular formula is C48H82F3N11O10. The largest absolute Gasteiger partial charge is 0.390 e. The molecule has 10 amide bonds. The topological polar surface area (TPSA) is 252 Å². The lowest BCUT2D eigenvalue weighted by molar-refractivity contribution is -0.152. The summed E-state index contributed by atoms with van der Waals surface area (Å²) in [5.41, 5.74) is 0. The monoisotopic (exact) mass is 1030 g/mol. The molecule has 2 heterocycles. The highest BCUT2D eigenvalue weighted by atomic mass is 19.4. The highest BCUT2D eigenvalue weighted by molar-refractivity contribution is 6.00. The second-order valence-electron chi connectivity index (χ2n) is 20.1. The van der Waals surface area contributed by atoms with Crippen molar-refractivity contribution in [3.8, 4) is 0 Å². The summed E-state index contributed by atoms with van der Waals surface area (Å²) in [4.78, 5) is 133. The maximum Gasteiger partial charge on any atom is 0.390 e. The summed E-state index contributed by atoms with van der Waals surface area (Å²) in [6.45, 7) is 17.1. The van der Waals surface area contributed by atoms with Gasteiger partial charge in [0, 0.05) is 54.7 Å². The number of nitrogens with one attached hydrogen (secondary N) is 5. The van der Waals surface area contributed by atoms with E-state index in [-0.39, 0.29) is 75.9 Å². The number of carbonyl (C=O) groups is 9. The zero-order valence-corrected chi connectivity index (χ0v) is 44.9. The molecule has 0 aromatic heterocycles. The van der Waals surface area contributed by atoms with Gasteiger partial charge in [0.2, 0.25) is 47.3 Å². The number of imide groups is 1. The van der Waals surface area contributed by atoms with Crippen LogP contribution in [0.3, 0.4) is 0 Å². The summed E-state index contributed by atoms with van der Waals surface area (Å²) in [7, 11) is 7.02. The number of hydrogen-bond acceptors (Lipinski definition) is 12. The molecule has 72 heavy (non-hydrogen) atoms. The Kier molecular flexibility index (Phi) is 24.4. The summed E-state index contributed by atoms with van der Waals surface area (Å²) in [5, 5.41) is 12.3. The number of amidine groups is 1. The fourth-order valence-corrected chi connectivity index (χ4v) is 8.77. The number of alkyl halides is 3. The first kappa shape index (κ1) is 62.6. The average molecular weight is 1030 g/mol. The maximum absolute atomic E-state index is 14.6. The molecule has 9 atom stereocenters. The van der Waals surface area contributed by atoms with Crippen molar-refractivity contribution in [1.29, 1.82) is 0 Å². The molecule has 5 N–H and O–H groups in total. The second-order valence-corrected chi connectivity index (χ2v) is 20.1. The van der Waals surface area contributed by atoms with Crippen LogP contribution in [0.5, 0.6) is 0 Å². The molecule has 2 aliphatic rings. The van der Waals surface area contributed by atoms with E-state index in [4.69, 9.17) is 4.74 Å². The van der Waals surface area contributed by atoms with Gasteiger partial charge in [0.1, 0.15) is 42.1 Å². The van der Waals surface area contributed by atoms with E-state index in [0.717, 1.165) is 0 Å². The van der Waals surface area contributed by atoms with Crippen molar-refractivity contribution >= 4 is 59.1 Å². The van der Waals surface area contributed by atoms with Crippen molar-refractivity contribution < 1.29 is 61.1 Å². The summed E-state index contributed by atoms with van der Waals surface area (Å²) >= 11 is 0. The first-order chi connectivity index (χ1) is 33.4. The lowest BCUT2D eigenvalue weighted by Crippen LogP contribution is -2.61. The summed E-state index contributed by atoms with van der Waals surface area (Å²) in [6.07, 6.45) is -6.88. The molecule has 410 valence electrons. The number of likely N-dealkylation sites (N-methyl/N-ethyl adjacent to an activating group) is 3. The lowest BCUT2D eigenvalue weighted by Gasteiger charge is -2.39. The number of likely N-dealkylation sites (tertiary alicyclic amines) is 1. The number of nitrogens with zero attached hydrogens (tertiary/aromatic N) is 6. The van der Waals surface area contributed by atoms with Crippen molar-refractivity contribution in [3.63, 3.8) is 0 Å². The molecule has 0 radical (unpaired) electrons. The molecule has 2 rings (SSSR count). The molecule has 2 aliphatic heterocycles. The third-order valence-electron chi connectivity index (χ3n) is 13.1. The van der Waals surface area contributed by atoms with Gasteiger partial charge in [0.25, 0.3) is 0 Å². The third-order valence-corrected chi connectivity index (χ3v) is 13.1. The number of aliphatic imine (C=N–C) groups is 1. The molecular weight excluding hydrogens is 948 g/mol. The van der Waals surface area contributed by atoms with Crippen molar-refractivity contribution in [1.82, 2.24) is 51.1 Å². The van der Waals surface area contributed by atoms with E-state index in [1.54, 1.807) is 27.7 Å². The second kappa shape index (κ2) is 28.0. The minimum Gasteiger partial charge on any atom is -0.372 e. The van der Waals surface area contributed by atoms with E-state index in [9.17, 15) is 56.3 Å².